The number of carbonyl (C=O) groups is 3. The molecule has 3 N–H and O–H groups in total. The topological polar surface area (TPSA) is 87.3 Å². The number of amides is 3. The minimum absolute atomic E-state index is 0.253. The van der Waals surface area contributed by atoms with Gasteiger partial charge in [0, 0.05) is 37.3 Å². The summed E-state index contributed by atoms with van der Waals surface area (Å²) in [7, 11) is 0. The van der Waals surface area contributed by atoms with E-state index in [1.54, 1.807) is 18.2 Å². The summed E-state index contributed by atoms with van der Waals surface area (Å²) in [6.45, 7) is 9.49. The van der Waals surface area contributed by atoms with Crippen LogP contribution in [0.5, 0.6) is 0 Å². The van der Waals surface area contributed by atoms with Crippen molar-refractivity contribution < 1.29 is 14.4 Å². The van der Waals surface area contributed by atoms with Gasteiger partial charge < -0.3 is 16.0 Å². The molecule has 0 saturated heterocycles. The monoisotopic (exact) mass is 381 g/mol. The van der Waals surface area contributed by atoms with Crippen LogP contribution in [0, 0.1) is 20.8 Å². The van der Waals surface area contributed by atoms with Crippen LogP contribution in [0.15, 0.2) is 30.3 Å². The maximum Gasteiger partial charge on any atom is 0.251 e. The van der Waals surface area contributed by atoms with Crippen molar-refractivity contribution in [1.82, 2.24) is 5.32 Å². The number of rotatable bonds is 6. The van der Waals surface area contributed by atoms with Gasteiger partial charge in [0.1, 0.15) is 0 Å². The van der Waals surface area contributed by atoms with Gasteiger partial charge in [0.25, 0.3) is 5.91 Å². The van der Waals surface area contributed by atoms with Crippen molar-refractivity contribution in [2.45, 2.75) is 41.0 Å². The minimum atomic E-state index is -0.263. The lowest BCUT2D eigenvalue weighted by Crippen LogP contribution is -2.26. The third kappa shape index (κ3) is 5.94. The predicted octanol–water partition coefficient (Wildman–Crippen LogP) is 3.50. The van der Waals surface area contributed by atoms with Crippen LogP contribution in [0.2, 0.25) is 0 Å². The third-order valence-corrected chi connectivity index (χ3v) is 4.34. The Balaban J connectivity index is 2.12. The predicted molar refractivity (Wildman–Crippen MR) is 112 cm³/mol. The number of benzene rings is 2. The molecule has 0 aliphatic carbocycles. The van der Waals surface area contributed by atoms with Gasteiger partial charge in [-0.15, -0.1) is 0 Å². The second-order valence-electron chi connectivity index (χ2n) is 7.04. The van der Waals surface area contributed by atoms with Gasteiger partial charge in [-0.05, 0) is 62.1 Å². The maximum atomic E-state index is 12.6. The fraction of sp³-hybridized carbons (Fsp3) is 0.318. The summed E-state index contributed by atoms with van der Waals surface area (Å²) < 4.78 is 0. The number of carbonyl (C=O) groups excluding carboxylic acids is 3. The summed E-state index contributed by atoms with van der Waals surface area (Å²) in [5.74, 6) is -0.769. The van der Waals surface area contributed by atoms with E-state index < -0.39 is 0 Å². The highest BCUT2D eigenvalue weighted by Crippen LogP contribution is 2.20. The van der Waals surface area contributed by atoms with Crippen LogP contribution in [-0.4, -0.2) is 24.3 Å². The molecule has 0 aliphatic heterocycles. The standard InChI is InChI=1S/C22H27N3O3/c1-13-8-14(2)21(15(3)9-13)6-7-23-22(28)18-10-19(24-16(4)26)12-20(11-18)25-17(5)27/h8-12H,6-7H2,1-5H3,(H,23,28)(H,24,26)(H,25,27). The first kappa shape index (κ1) is 21.2. The van der Waals surface area contributed by atoms with E-state index in [2.05, 4.69) is 48.9 Å². The fourth-order valence-electron chi connectivity index (χ4n) is 3.32. The molecule has 148 valence electrons. The van der Waals surface area contributed by atoms with E-state index in [0.29, 0.717) is 23.5 Å². The van der Waals surface area contributed by atoms with Gasteiger partial charge in [0.15, 0.2) is 0 Å². The van der Waals surface area contributed by atoms with Crippen molar-refractivity contribution in [3.63, 3.8) is 0 Å². The van der Waals surface area contributed by atoms with Gasteiger partial charge in [0.05, 0.1) is 0 Å². The number of hydrogen-bond acceptors (Lipinski definition) is 3. The molecule has 0 saturated carbocycles. The lowest BCUT2D eigenvalue weighted by molar-refractivity contribution is -0.115. The molecule has 2 rings (SSSR count). The van der Waals surface area contributed by atoms with E-state index in [0.717, 1.165) is 6.42 Å². The first-order valence-corrected chi connectivity index (χ1v) is 9.21. The van der Waals surface area contributed by atoms with Gasteiger partial charge in [-0.2, -0.15) is 0 Å². The molecule has 0 aliphatic rings. The molecule has 0 radical (unpaired) electrons. The lowest BCUT2D eigenvalue weighted by atomic mass is 9.97. The van der Waals surface area contributed by atoms with Crippen molar-refractivity contribution in [3.8, 4) is 0 Å². The van der Waals surface area contributed by atoms with Gasteiger partial charge in [-0.1, -0.05) is 17.7 Å². The zero-order chi connectivity index (χ0) is 20.8. The molecule has 0 unspecified atom stereocenters. The normalized spacial score (nSPS) is 10.3. The molecular formula is C22H27N3O3. The van der Waals surface area contributed by atoms with Crippen molar-refractivity contribution in [2.24, 2.45) is 0 Å². The Bertz CT molecular complexity index is 862. The first-order chi connectivity index (χ1) is 13.2. The van der Waals surface area contributed by atoms with E-state index in [-0.39, 0.29) is 17.7 Å². The minimum Gasteiger partial charge on any atom is -0.352 e. The van der Waals surface area contributed by atoms with Crippen LogP contribution in [0.1, 0.15) is 46.5 Å². The Kier molecular flexibility index (Phi) is 6.93. The smallest absolute Gasteiger partial charge is 0.251 e. The molecule has 0 atom stereocenters. The Labute approximate surface area is 165 Å². The molecule has 2 aromatic carbocycles. The van der Waals surface area contributed by atoms with Gasteiger partial charge in [-0.3, -0.25) is 14.4 Å². The summed E-state index contributed by atoms with van der Waals surface area (Å²) in [4.78, 5) is 35.3. The fourth-order valence-corrected chi connectivity index (χ4v) is 3.32. The van der Waals surface area contributed by atoms with Gasteiger partial charge in [-0.25, -0.2) is 0 Å². The molecule has 28 heavy (non-hydrogen) atoms. The molecule has 0 spiro atoms. The van der Waals surface area contributed by atoms with Crippen LogP contribution < -0.4 is 16.0 Å². The molecule has 0 aromatic heterocycles. The molecule has 0 bridgehead atoms. The second kappa shape index (κ2) is 9.17. The number of hydrogen-bond donors (Lipinski definition) is 3. The molecular weight excluding hydrogens is 354 g/mol. The summed E-state index contributed by atoms with van der Waals surface area (Å²) in [6, 6.07) is 9.06. The number of aryl methyl sites for hydroxylation is 3. The van der Waals surface area contributed by atoms with Crippen LogP contribution >= 0.6 is 0 Å². The molecule has 2 aromatic rings. The van der Waals surface area contributed by atoms with Gasteiger partial charge in [0.2, 0.25) is 11.8 Å². The second-order valence-corrected chi connectivity index (χ2v) is 7.04. The quantitative estimate of drug-likeness (QED) is 0.716. The SMILES string of the molecule is CC(=O)Nc1cc(NC(C)=O)cc(C(=O)NCCc2c(C)cc(C)cc2C)c1. The first-order valence-electron chi connectivity index (χ1n) is 9.21. The van der Waals surface area contributed by atoms with Crippen molar-refractivity contribution in [2.75, 3.05) is 17.2 Å². The molecule has 6 heteroatoms. The summed E-state index contributed by atoms with van der Waals surface area (Å²) >= 11 is 0. The Morgan fingerprint density at radius 1 is 0.786 bits per heavy atom. The number of nitrogens with one attached hydrogen (secondary N) is 3. The van der Waals surface area contributed by atoms with E-state index in [1.807, 2.05) is 0 Å². The Morgan fingerprint density at radius 2 is 1.29 bits per heavy atom. The van der Waals surface area contributed by atoms with Gasteiger partial charge >= 0.3 is 0 Å². The third-order valence-electron chi connectivity index (χ3n) is 4.34. The molecule has 6 nitrogen and oxygen atoms in total. The molecule has 3 amide bonds. The van der Waals surface area contributed by atoms with Crippen molar-refractivity contribution in [1.29, 1.82) is 0 Å². The van der Waals surface area contributed by atoms with E-state index >= 15 is 0 Å². The highest BCUT2D eigenvalue weighted by molar-refractivity contribution is 5.99. The summed E-state index contributed by atoms with van der Waals surface area (Å²) in [5.41, 5.74) is 6.16. The molecule has 0 fully saturated rings. The van der Waals surface area contributed by atoms with Crippen LogP contribution in [0.25, 0.3) is 0 Å². The van der Waals surface area contributed by atoms with E-state index in [9.17, 15) is 14.4 Å². The zero-order valence-corrected chi connectivity index (χ0v) is 17.0. The highest BCUT2D eigenvalue weighted by atomic mass is 16.2. The maximum absolute atomic E-state index is 12.6. The largest absolute Gasteiger partial charge is 0.352 e. The molecule has 0 heterocycles. The zero-order valence-electron chi connectivity index (χ0n) is 17.0. The van der Waals surface area contributed by atoms with Crippen LogP contribution in [-0.2, 0) is 16.0 Å². The van der Waals surface area contributed by atoms with Crippen molar-refractivity contribution in [3.05, 3.63) is 58.1 Å². The summed E-state index contributed by atoms with van der Waals surface area (Å²) in [5, 5.41) is 8.20. The summed E-state index contributed by atoms with van der Waals surface area (Å²) in [6.07, 6.45) is 0.730. The van der Waals surface area contributed by atoms with E-state index in [4.69, 9.17) is 0 Å². The Morgan fingerprint density at radius 3 is 1.75 bits per heavy atom. The van der Waals surface area contributed by atoms with Crippen LogP contribution in [0.3, 0.4) is 0 Å². The number of anilines is 2. The van der Waals surface area contributed by atoms with Crippen LogP contribution in [0.4, 0.5) is 11.4 Å². The average Bonchev–Trinajstić information content (AvgIpc) is 2.55. The Hall–Kier alpha value is -3.15. The van der Waals surface area contributed by atoms with Crippen molar-refractivity contribution >= 4 is 29.1 Å². The average molecular weight is 381 g/mol. The lowest BCUT2D eigenvalue weighted by Gasteiger charge is -2.13. The highest BCUT2D eigenvalue weighted by Gasteiger charge is 2.11. The van der Waals surface area contributed by atoms with E-state index in [1.165, 1.54) is 36.1 Å².